The lowest BCUT2D eigenvalue weighted by atomic mass is 10.1. The molecule has 1 aromatic rings. The molecule has 1 aromatic carbocycles. The number of rotatable bonds is 10. The van der Waals surface area contributed by atoms with Crippen LogP contribution < -0.4 is 15.6 Å². The van der Waals surface area contributed by atoms with Crippen molar-refractivity contribution in [2.45, 2.75) is 12.5 Å². The molecule has 3 N–H and O–H groups in total. The summed E-state index contributed by atoms with van der Waals surface area (Å²) in [5.41, 5.74) is 4.23. The van der Waals surface area contributed by atoms with Crippen LogP contribution in [-0.4, -0.2) is 51.7 Å². The summed E-state index contributed by atoms with van der Waals surface area (Å²) in [5, 5.41) is 10.6. The van der Waals surface area contributed by atoms with Crippen LogP contribution in [0.2, 0.25) is 0 Å². The second-order valence-electron chi connectivity index (χ2n) is 4.67. The smallest absolute Gasteiger partial charge is 0.513 e. The van der Waals surface area contributed by atoms with Crippen LogP contribution >= 0.6 is 0 Å². The first-order chi connectivity index (χ1) is 11.0. The highest BCUT2D eigenvalue weighted by Crippen LogP contribution is 2.13. The molecule has 1 rings (SSSR count). The van der Waals surface area contributed by atoms with E-state index in [-0.39, 0.29) is 19.6 Å². The van der Waals surface area contributed by atoms with Crippen LogP contribution in [0.5, 0.6) is 5.75 Å². The van der Waals surface area contributed by atoms with Gasteiger partial charge in [0.05, 0.1) is 25.8 Å². The molecule has 0 amide bonds. The number of aliphatic carboxylic acids is 1. The van der Waals surface area contributed by atoms with Crippen molar-refractivity contribution >= 4 is 12.1 Å². The average Bonchev–Trinajstić information content (AvgIpc) is 2.52. The molecule has 0 unspecified atom stereocenters. The topological polar surface area (TPSA) is 122 Å². The lowest BCUT2D eigenvalue weighted by Gasteiger charge is -2.10. The summed E-state index contributed by atoms with van der Waals surface area (Å²) in [6.45, 7) is 1.24. The van der Waals surface area contributed by atoms with Crippen molar-refractivity contribution in [2.75, 3.05) is 33.5 Å². The highest BCUT2D eigenvalue weighted by Gasteiger charge is 2.10. The van der Waals surface area contributed by atoms with E-state index in [9.17, 15) is 14.7 Å². The van der Waals surface area contributed by atoms with Gasteiger partial charge < -0.3 is 34.6 Å². The predicted octanol–water partition coefficient (Wildman–Crippen LogP) is -1.23. The molecule has 0 heterocycles. The van der Waals surface area contributed by atoms with Gasteiger partial charge in [0.2, 0.25) is 0 Å². The number of carbonyl (C=O) groups is 2. The lowest BCUT2D eigenvalue weighted by molar-refractivity contribution is -0.437. The van der Waals surface area contributed by atoms with E-state index >= 15 is 0 Å². The Hall–Kier alpha value is -2.16. The van der Waals surface area contributed by atoms with Gasteiger partial charge in [0.25, 0.3) is 0 Å². The number of hydrogen-bond acceptors (Lipinski definition) is 7. The van der Waals surface area contributed by atoms with Gasteiger partial charge in [-0.1, -0.05) is 12.1 Å². The quantitative estimate of drug-likeness (QED) is 0.324. The molecular weight excluding hydrogens is 306 g/mol. The second kappa shape index (κ2) is 10.5. The van der Waals surface area contributed by atoms with Crippen molar-refractivity contribution in [2.24, 2.45) is 0 Å². The van der Waals surface area contributed by atoms with Gasteiger partial charge in [-0.3, -0.25) is 0 Å². The lowest BCUT2D eigenvalue weighted by Crippen LogP contribution is -2.69. The van der Waals surface area contributed by atoms with E-state index in [1.807, 2.05) is 0 Å². The third-order valence-corrected chi connectivity index (χ3v) is 2.82. The molecular formula is C15H21NO7. The van der Waals surface area contributed by atoms with E-state index in [1.54, 1.807) is 31.4 Å². The maximum absolute atomic E-state index is 11.4. The largest absolute Gasteiger partial charge is 0.544 e. The Labute approximate surface area is 134 Å². The van der Waals surface area contributed by atoms with Gasteiger partial charge in [-0.2, -0.15) is 0 Å². The molecule has 0 aromatic heterocycles. The maximum atomic E-state index is 11.4. The normalized spacial score (nSPS) is 11.7. The average molecular weight is 327 g/mol. The Bertz CT molecular complexity index is 489. The van der Waals surface area contributed by atoms with Crippen LogP contribution in [0.4, 0.5) is 4.79 Å². The minimum atomic E-state index is -1.21. The highest BCUT2D eigenvalue weighted by molar-refractivity contribution is 5.69. The molecule has 0 aliphatic rings. The van der Waals surface area contributed by atoms with Gasteiger partial charge >= 0.3 is 6.16 Å². The molecule has 0 spiro atoms. The van der Waals surface area contributed by atoms with E-state index in [0.29, 0.717) is 19.0 Å². The number of benzene rings is 1. The molecule has 0 aliphatic heterocycles. The van der Waals surface area contributed by atoms with Crippen molar-refractivity contribution < 1.29 is 39.4 Å². The molecule has 0 saturated heterocycles. The number of ether oxygens (including phenoxy) is 4. The van der Waals surface area contributed by atoms with Crippen molar-refractivity contribution in [1.29, 1.82) is 0 Å². The number of methoxy groups -OCH3 is 1. The van der Waals surface area contributed by atoms with Gasteiger partial charge in [0, 0.05) is 13.5 Å². The minimum absolute atomic E-state index is 0.0788. The van der Waals surface area contributed by atoms with E-state index < -0.39 is 18.2 Å². The van der Waals surface area contributed by atoms with Crippen LogP contribution in [0, 0.1) is 0 Å². The fraction of sp³-hybridized carbons (Fsp3) is 0.467. The third-order valence-electron chi connectivity index (χ3n) is 2.82. The molecule has 23 heavy (non-hydrogen) atoms. The SMILES string of the molecule is COCCOCCOC(=O)Oc1ccc(C[C@H]([NH3+])C(=O)[O-])cc1. The molecule has 8 heteroatoms. The Kier molecular flexibility index (Phi) is 8.66. The first-order valence-electron chi connectivity index (χ1n) is 7.07. The third kappa shape index (κ3) is 8.15. The fourth-order valence-electron chi connectivity index (χ4n) is 1.62. The summed E-state index contributed by atoms with van der Waals surface area (Å²) in [6, 6.07) is 5.57. The van der Waals surface area contributed by atoms with Crippen LogP contribution in [0.1, 0.15) is 5.56 Å². The Morgan fingerprint density at radius 2 is 1.78 bits per heavy atom. The Balaban J connectivity index is 2.28. The molecule has 8 nitrogen and oxygen atoms in total. The fourth-order valence-corrected chi connectivity index (χ4v) is 1.62. The van der Waals surface area contributed by atoms with Crippen LogP contribution in [-0.2, 0) is 25.4 Å². The van der Waals surface area contributed by atoms with Gasteiger partial charge in [-0.05, 0) is 17.7 Å². The maximum Gasteiger partial charge on any atom is 0.513 e. The predicted molar refractivity (Wildman–Crippen MR) is 76.5 cm³/mol. The zero-order chi connectivity index (χ0) is 17.1. The van der Waals surface area contributed by atoms with Crippen molar-refractivity contribution in [3.8, 4) is 5.75 Å². The zero-order valence-electron chi connectivity index (χ0n) is 13.0. The zero-order valence-corrected chi connectivity index (χ0v) is 13.0. The van der Waals surface area contributed by atoms with Crippen LogP contribution in [0.25, 0.3) is 0 Å². The molecule has 0 radical (unpaired) electrons. The molecule has 0 bridgehead atoms. The molecule has 128 valence electrons. The number of quaternary nitrogens is 1. The van der Waals surface area contributed by atoms with Gasteiger partial charge in [-0.15, -0.1) is 0 Å². The Morgan fingerprint density at radius 1 is 1.13 bits per heavy atom. The van der Waals surface area contributed by atoms with Crippen LogP contribution in [0.3, 0.4) is 0 Å². The molecule has 0 aliphatic carbocycles. The van der Waals surface area contributed by atoms with E-state index in [1.165, 1.54) is 0 Å². The summed E-state index contributed by atoms with van der Waals surface area (Å²) < 4.78 is 19.7. The highest BCUT2D eigenvalue weighted by atomic mass is 16.7. The summed E-state index contributed by atoms with van der Waals surface area (Å²) in [6.07, 6.45) is -0.593. The molecule has 0 fully saturated rings. The van der Waals surface area contributed by atoms with Gasteiger partial charge in [0.15, 0.2) is 0 Å². The van der Waals surface area contributed by atoms with E-state index in [2.05, 4.69) is 5.73 Å². The first kappa shape index (κ1) is 18.9. The van der Waals surface area contributed by atoms with Crippen molar-refractivity contribution in [3.63, 3.8) is 0 Å². The summed E-state index contributed by atoms with van der Waals surface area (Å²) >= 11 is 0. The summed E-state index contributed by atoms with van der Waals surface area (Å²) in [4.78, 5) is 22.1. The molecule has 0 saturated carbocycles. The molecule has 1 atom stereocenters. The van der Waals surface area contributed by atoms with E-state index in [4.69, 9.17) is 18.9 Å². The minimum Gasteiger partial charge on any atom is -0.544 e. The standard InChI is InChI=1S/C15H21NO7/c1-20-6-7-21-8-9-22-15(19)23-12-4-2-11(3-5-12)10-13(16)14(17)18/h2-5,13H,6-10,16H2,1H3,(H,17,18)/t13-/m0/s1. The van der Waals surface area contributed by atoms with E-state index in [0.717, 1.165) is 5.56 Å². The summed E-state index contributed by atoms with van der Waals surface area (Å²) in [5.74, 6) is -0.908. The van der Waals surface area contributed by atoms with Gasteiger partial charge in [-0.25, -0.2) is 4.79 Å². The van der Waals surface area contributed by atoms with Crippen LogP contribution in [0.15, 0.2) is 24.3 Å². The second-order valence-corrected chi connectivity index (χ2v) is 4.67. The number of carboxylic acid groups (broad SMARTS) is 1. The first-order valence-corrected chi connectivity index (χ1v) is 7.07. The van der Waals surface area contributed by atoms with Crippen molar-refractivity contribution in [3.05, 3.63) is 29.8 Å². The summed E-state index contributed by atoms with van der Waals surface area (Å²) in [7, 11) is 1.57. The van der Waals surface area contributed by atoms with Gasteiger partial charge in [0.1, 0.15) is 18.4 Å². The Morgan fingerprint density at radius 3 is 2.39 bits per heavy atom. The van der Waals surface area contributed by atoms with Crippen molar-refractivity contribution in [1.82, 2.24) is 0 Å². The number of carboxylic acids is 1. The number of hydrogen-bond donors (Lipinski definition) is 1. The number of carbonyl (C=O) groups excluding carboxylic acids is 2. The monoisotopic (exact) mass is 327 g/mol.